The lowest BCUT2D eigenvalue weighted by atomic mass is 9.87. The van der Waals surface area contributed by atoms with E-state index in [1.54, 1.807) is 7.11 Å². The Labute approximate surface area is 258 Å². The monoisotopic (exact) mass is 616 g/mol. The first-order valence-electron chi connectivity index (χ1n) is 16.1. The minimum Gasteiger partial charge on any atom is -0.383 e. The maximum Gasteiger partial charge on any atom is 0.216 e. The predicted molar refractivity (Wildman–Crippen MR) is 170 cm³/mol. The Hall–Kier alpha value is -2.02. The molecule has 5 rings (SSSR count). The molecule has 1 saturated carbocycles. The normalized spacial score (nSPS) is 30.0. The fourth-order valence-corrected chi connectivity index (χ4v) is 8.79. The zero-order valence-corrected chi connectivity index (χ0v) is 27.4. The molecule has 1 aliphatic carbocycles. The Balaban J connectivity index is 1.49. The van der Waals surface area contributed by atoms with Crippen molar-refractivity contribution in [1.82, 2.24) is 25.1 Å². The molecule has 43 heavy (non-hydrogen) atoms. The van der Waals surface area contributed by atoms with Crippen LogP contribution in [0.15, 0.2) is 30.6 Å². The van der Waals surface area contributed by atoms with E-state index in [0.717, 1.165) is 37.9 Å². The van der Waals surface area contributed by atoms with E-state index >= 15 is 0 Å². The van der Waals surface area contributed by atoms with E-state index in [-0.39, 0.29) is 24.2 Å². The van der Waals surface area contributed by atoms with Crippen molar-refractivity contribution in [1.29, 1.82) is 0 Å². The van der Waals surface area contributed by atoms with Crippen LogP contribution in [0.5, 0.6) is 0 Å². The second kappa shape index (κ2) is 14.4. The molecule has 0 spiro atoms. The van der Waals surface area contributed by atoms with Gasteiger partial charge in [-0.2, -0.15) is 9.82 Å². The van der Waals surface area contributed by atoms with Crippen LogP contribution in [-0.4, -0.2) is 68.9 Å². The quantitative estimate of drug-likeness (QED) is 0.405. The molecule has 3 N–H and O–H groups in total. The Bertz CT molecular complexity index is 1280. The number of aromatic nitrogens is 2. The summed E-state index contributed by atoms with van der Waals surface area (Å²) in [6.45, 7) is 11.4. The number of sulfonamides is 1. The van der Waals surface area contributed by atoms with Crippen LogP contribution in [0.3, 0.4) is 0 Å². The largest absolute Gasteiger partial charge is 0.383 e. The predicted octanol–water partition coefficient (Wildman–Crippen LogP) is 4.20. The maximum atomic E-state index is 13.8. The molecule has 4 bridgehead atoms. The van der Waals surface area contributed by atoms with E-state index in [4.69, 9.17) is 9.47 Å². The molecule has 1 aromatic carbocycles. The van der Waals surface area contributed by atoms with Gasteiger partial charge in [-0.25, -0.2) is 8.42 Å². The van der Waals surface area contributed by atoms with Crippen molar-refractivity contribution in [3.05, 3.63) is 47.3 Å². The van der Waals surface area contributed by atoms with Gasteiger partial charge >= 0.3 is 0 Å². The average Bonchev–Trinajstić information content (AvgIpc) is 3.43. The summed E-state index contributed by atoms with van der Waals surface area (Å²) < 4.78 is 44.6. The average molecular weight is 617 g/mol. The second-order valence-corrected chi connectivity index (χ2v) is 15.2. The lowest BCUT2D eigenvalue weighted by Crippen LogP contribution is -2.64. The number of rotatable bonds is 8. The highest BCUT2D eigenvalue weighted by atomic mass is 32.2. The zero-order valence-electron chi connectivity index (χ0n) is 26.6. The summed E-state index contributed by atoms with van der Waals surface area (Å²) in [7, 11) is -1.87. The van der Waals surface area contributed by atoms with Crippen LogP contribution in [0.4, 0.5) is 5.69 Å². The Kier molecular flexibility index (Phi) is 10.8. The van der Waals surface area contributed by atoms with Crippen LogP contribution in [0.25, 0.3) is 0 Å². The number of fused-ring (bicyclic) bond motifs is 4. The van der Waals surface area contributed by atoms with Crippen LogP contribution in [0.2, 0.25) is 0 Å². The highest BCUT2D eigenvalue weighted by Crippen LogP contribution is 2.34. The number of nitrogens with zero attached hydrogens (tertiary/aromatic N) is 3. The summed E-state index contributed by atoms with van der Waals surface area (Å²) in [5, 5.41) is 11.3. The van der Waals surface area contributed by atoms with E-state index in [2.05, 4.69) is 77.4 Å². The van der Waals surface area contributed by atoms with E-state index in [1.807, 2.05) is 10.9 Å². The topological polar surface area (TPSA) is 110 Å². The number of anilines is 1. The van der Waals surface area contributed by atoms with Crippen molar-refractivity contribution < 1.29 is 17.9 Å². The summed E-state index contributed by atoms with van der Waals surface area (Å²) in [5.41, 5.74) is 4.67. The molecule has 3 heterocycles. The van der Waals surface area contributed by atoms with Gasteiger partial charge in [-0.05, 0) is 74.5 Å². The lowest BCUT2D eigenvalue weighted by Gasteiger charge is -2.40. The zero-order chi connectivity index (χ0) is 30.6. The Morgan fingerprint density at radius 2 is 1.93 bits per heavy atom. The van der Waals surface area contributed by atoms with Gasteiger partial charge in [0.25, 0.3) is 0 Å². The molecule has 0 amide bonds. The van der Waals surface area contributed by atoms with Crippen LogP contribution in [0, 0.1) is 25.7 Å². The summed E-state index contributed by atoms with van der Waals surface area (Å²) >= 11 is 0. The Morgan fingerprint density at radius 3 is 2.67 bits per heavy atom. The molecule has 6 atom stereocenters. The first-order chi connectivity index (χ1) is 20.6. The summed E-state index contributed by atoms with van der Waals surface area (Å²) in [6, 6.07) is 6.41. The molecular weight excluding hydrogens is 564 g/mol. The number of nitrogens with one attached hydrogen (secondary N) is 3. The fraction of sp³-hybridized carbons (Fsp3) is 0.719. The summed E-state index contributed by atoms with van der Waals surface area (Å²) in [4.78, 5) is 2.46. The van der Waals surface area contributed by atoms with Crippen molar-refractivity contribution in [3.63, 3.8) is 0 Å². The molecule has 3 aliphatic rings. The van der Waals surface area contributed by atoms with Crippen LogP contribution >= 0.6 is 0 Å². The van der Waals surface area contributed by atoms with Crippen molar-refractivity contribution in [2.45, 2.75) is 109 Å². The molecule has 1 aromatic heterocycles. The van der Waals surface area contributed by atoms with Gasteiger partial charge in [0.1, 0.15) is 12.5 Å². The van der Waals surface area contributed by atoms with Gasteiger partial charge in [0.2, 0.25) is 10.0 Å². The standard InChI is InChI=1S/C32H52N6O4S/c1-22(2)12-13-26-21-42-30-17-29(31-23(3)8-6-9-24(31)4)34-32(35-30)36-43(39,40)28-11-7-10-25(16-28)19-38(26)27-18-33-37(20-27)14-15-41-5/h6,8-9,18,20,22,25-26,28-30,32,34-36H,7,10-17,19,21H2,1-5H3/t25?,26-,28?,29?,30?,32?/m1/s1. The van der Waals surface area contributed by atoms with Gasteiger partial charge in [-0.1, -0.05) is 38.5 Å². The molecule has 5 unspecified atom stereocenters. The second-order valence-electron chi connectivity index (χ2n) is 13.2. The van der Waals surface area contributed by atoms with Crippen LogP contribution in [0.1, 0.15) is 81.5 Å². The van der Waals surface area contributed by atoms with Gasteiger partial charge in [0, 0.05) is 32.3 Å². The summed E-state index contributed by atoms with van der Waals surface area (Å²) in [6.07, 6.45) is 9.16. The molecule has 240 valence electrons. The van der Waals surface area contributed by atoms with E-state index in [0.29, 0.717) is 44.9 Å². The molecule has 3 fully saturated rings. The molecule has 10 nitrogen and oxygen atoms in total. The highest BCUT2D eigenvalue weighted by Gasteiger charge is 2.39. The van der Waals surface area contributed by atoms with Crippen molar-refractivity contribution in [3.8, 4) is 0 Å². The molecule has 2 saturated heterocycles. The van der Waals surface area contributed by atoms with Crippen LogP contribution < -0.4 is 20.3 Å². The van der Waals surface area contributed by atoms with E-state index in [1.165, 1.54) is 16.7 Å². The molecule has 11 heteroatoms. The van der Waals surface area contributed by atoms with Gasteiger partial charge < -0.3 is 14.4 Å². The molecular formula is C32H52N6O4S. The fourth-order valence-electron chi connectivity index (χ4n) is 7.13. The third kappa shape index (κ3) is 8.18. The molecule has 2 aromatic rings. The van der Waals surface area contributed by atoms with E-state index < -0.39 is 21.6 Å². The minimum absolute atomic E-state index is 0.0476. The number of benzene rings is 1. The Morgan fingerprint density at radius 1 is 1.14 bits per heavy atom. The number of methoxy groups -OCH3 is 1. The maximum absolute atomic E-state index is 13.8. The van der Waals surface area contributed by atoms with Crippen molar-refractivity contribution in [2.24, 2.45) is 11.8 Å². The number of hydrogen-bond acceptors (Lipinski definition) is 8. The van der Waals surface area contributed by atoms with Gasteiger partial charge in [-0.15, -0.1) is 0 Å². The first-order valence-corrected chi connectivity index (χ1v) is 17.7. The van der Waals surface area contributed by atoms with Crippen molar-refractivity contribution in [2.75, 3.05) is 31.8 Å². The number of aryl methyl sites for hydroxylation is 2. The van der Waals surface area contributed by atoms with Crippen molar-refractivity contribution >= 4 is 15.7 Å². The first kappa shape index (κ1) is 32.4. The number of ether oxygens (including phenoxy) is 2. The molecule has 2 aliphatic heterocycles. The highest BCUT2D eigenvalue weighted by molar-refractivity contribution is 7.90. The van der Waals surface area contributed by atoms with E-state index in [9.17, 15) is 8.42 Å². The van der Waals surface area contributed by atoms with Gasteiger partial charge in [0.05, 0.1) is 42.9 Å². The van der Waals surface area contributed by atoms with Gasteiger partial charge in [-0.3, -0.25) is 15.3 Å². The SMILES string of the molecule is COCCn1cc(N2CC3CCCC(C3)S(=O)(=O)NC3NC(CC(c4c(C)cccc4C)N3)OC[C@H]2CCC(C)C)cn1. The van der Waals surface area contributed by atoms with Gasteiger partial charge in [0.15, 0.2) is 0 Å². The van der Waals surface area contributed by atoms with Crippen LogP contribution in [-0.2, 0) is 26.0 Å². The minimum atomic E-state index is -3.57. The third-order valence-electron chi connectivity index (χ3n) is 9.45. The lowest BCUT2D eigenvalue weighted by molar-refractivity contribution is -0.0238. The third-order valence-corrected chi connectivity index (χ3v) is 11.3. The summed E-state index contributed by atoms with van der Waals surface area (Å²) in [5.74, 6) is 0.835. The molecule has 0 radical (unpaired) electrons. The number of hydrogen-bond donors (Lipinski definition) is 3. The smallest absolute Gasteiger partial charge is 0.216 e.